The molecule has 1 rings (SSSR count). The van der Waals surface area contributed by atoms with Crippen molar-refractivity contribution in [2.75, 3.05) is 7.11 Å². The normalized spacial score (nSPS) is 12.2. The molecule has 0 aromatic heterocycles. The fourth-order valence-electron chi connectivity index (χ4n) is 1.40. The number of hydrogen-bond acceptors (Lipinski definition) is 3. The Morgan fingerprint density at radius 1 is 1.62 bits per heavy atom. The highest BCUT2D eigenvalue weighted by Crippen LogP contribution is 2.23. The van der Waals surface area contributed by atoms with Crippen LogP contribution in [-0.4, -0.2) is 24.2 Å². The Hall–Kier alpha value is -1.62. The summed E-state index contributed by atoms with van der Waals surface area (Å²) in [4.78, 5) is 10.6. The molecule has 16 heavy (non-hydrogen) atoms. The van der Waals surface area contributed by atoms with Crippen molar-refractivity contribution in [2.45, 2.75) is 19.4 Å². The van der Waals surface area contributed by atoms with E-state index in [9.17, 15) is 9.18 Å². The van der Waals surface area contributed by atoms with Crippen LogP contribution in [-0.2, 0) is 11.2 Å². The van der Waals surface area contributed by atoms with Gasteiger partial charge in [0.2, 0.25) is 0 Å². The lowest BCUT2D eigenvalue weighted by Crippen LogP contribution is -2.32. The van der Waals surface area contributed by atoms with Crippen LogP contribution in [0.1, 0.15) is 11.1 Å². The molecule has 0 saturated heterocycles. The van der Waals surface area contributed by atoms with Crippen LogP contribution in [0.5, 0.6) is 5.75 Å². The van der Waals surface area contributed by atoms with Crippen LogP contribution in [0, 0.1) is 12.7 Å². The SMILES string of the molecule is COc1cc(F)c(C)cc1CC(N)C(=O)O. The van der Waals surface area contributed by atoms with Crippen LogP contribution in [0.4, 0.5) is 4.39 Å². The second-order valence-corrected chi connectivity index (χ2v) is 3.56. The van der Waals surface area contributed by atoms with Gasteiger partial charge in [0.1, 0.15) is 17.6 Å². The molecule has 0 aliphatic rings. The Bertz CT molecular complexity index is 406. The standard InChI is InChI=1S/C11H14FNO3/c1-6-3-7(4-9(13)11(14)15)10(16-2)5-8(6)12/h3,5,9H,4,13H2,1-2H3,(H,14,15). The first kappa shape index (κ1) is 12.4. The van der Waals surface area contributed by atoms with E-state index in [0.29, 0.717) is 16.9 Å². The van der Waals surface area contributed by atoms with E-state index < -0.39 is 12.0 Å². The molecule has 3 N–H and O–H groups in total. The predicted molar refractivity (Wildman–Crippen MR) is 57.0 cm³/mol. The third-order valence-electron chi connectivity index (χ3n) is 2.32. The fraction of sp³-hybridized carbons (Fsp3) is 0.364. The minimum atomic E-state index is -1.09. The summed E-state index contributed by atoms with van der Waals surface area (Å²) in [6, 6.07) is 1.77. The monoisotopic (exact) mass is 227 g/mol. The average molecular weight is 227 g/mol. The van der Waals surface area contributed by atoms with E-state index in [0.717, 1.165) is 0 Å². The number of carboxylic acid groups (broad SMARTS) is 1. The zero-order chi connectivity index (χ0) is 12.3. The predicted octanol–water partition coefficient (Wildman–Crippen LogP) is 1.10. The maximum atomic E-state index is 13.2. The van der Waals surface area contributed by atoms with Gasteiger partial charge in [-0.1, -0.05) is 0 Å². The zero-order valence-corrected chi connectivity index (χ0v) is 9.16. The van der Waals surface area contributed by atoms with E-state index in [1.807, 2.05) is 0 Å². The Balaban J connectivity index is 3.03. The van der Waals surface area contributed by atoms with E-state index in [4.69, 9.17) is 15.6 Å². The van der Waals surface area contributed by atoms with Gasteiger partial charge in [-0.3, -0.25) is 4.79 Å². The topological polar surface area (TPSA) is 72.5 Å². The van der Waals surface area contributed by atoms with Gasteiger partial charge in [0.05, 0.1) is 7.11 Å². The lowest BCUT2D eigenvalue weighted by atomic mass is 10.0. The van der Waals surface area contributed by atoms with Crippen molar-refractivity contribution < 1.29 is 19.0 Å². The molecule has 1 aromatic rings. The number of methoxy groups -OCH3 is 1. The minimum Gasteiger partial charge on any atom is -0.496 e. The van der Waals surface area contributed by atoms with Gasteiger partial charge in [-0.05, 0) is 24.1 Å². The molecule has 5 heteroatoms. The molecule has 1 atom stereocenters. The smallest absolute Gasteiger partial charge is 0.320 e. The van der Waals surface area contributed by atoms with Crippen LogP contribution in [0.3, 0.4) is 0 Å². The average Bonchev–Trinajstić information content (AvgIpc) is 2.22. The first-order chi connectivity index (χ1) is 7.45. The number of carbonyl (C=O) groups is 1. The summed E-state index contributed by atoms with van der Waals surface area (Å²) in [5.41, 5.74) is 6.44. The number of aliphatic carboxylic acids is 1. The Morgan fingerprint density at radius 2 is 2.25 bits per heavy atom. The maximum Gasteiger partial charge on any atom is 0.320 e. The molecular weight excluding hydrogens is 213 g/mol. The summed E-state index contributed by atoms with van der Waals surface area (Å²) in [5, 5.41) is 8.69. The molecule has 88 valence electrons. The Kier molecular flexibility index (Phi) is 3.84. The highest BCUT2D eigenvalue weighted by Gasteiger charge is 2.16. The Morgan fingerprint density at radius 3 is 2.75 bits per heavy atom. The summed E-state index contributed by atoms with van der Waals surface area (Å²) in [6.45, 7) is 1.60. The molecule has 1 aromatic carbocycles. The van der Waals surface area contributed by atoms with Crippen molar-refractivity contribution >= 4 is 5.97 Å². The van der Waals surface area contributed by atoms with Gasteiger partial charge in [-0.25, -0.2) is 4.39 Å². The first-order valence-electron chi connectivity index (χ1n) is 4.77. The summed E-state index contributed by atoms with van der Waals surface area (Å²) in [7, 11) is 1.40. The molecule has 0 heterocycles. The van der Waals surface area contributed by atoms with Crippen molar-refractivity contribution in [1.29, 1.82) is 0 Å². The van der Waals surface area contributed by atoms with Gasteiger partial charge in [0.15, 0.2) is 0 Å². The summed E-state index contributed by atoms with van der Waals surface area (Å²) < 4.78 is 18.2. The number of hydrogen-bond donors (Lipinski definition) is 2. The summed E-state index contributed by atoms with van der Waals surface area (Å²) in [5.74, 6) is -1.16. The minimum absolute atomic E-state index is 0.111. The molecule has 0 radical (unpaired) electrons. The van der Waals surface area contributed by atoms with Crippen molar-refractivity contribution in [3.63, 3.8) is 0 Å². The number of rotatable bonds is 4. The van der Waals surface area contributed by atoms with Crippen molar-refractivity contribution in [1.82, 2.24) is 0 Å². The molecule has 0 aliphatic carbocycles. The maximum absolute atomic E-state index is 13.2. The van der Waals surface area contributed by atoms with Crippen molar-refractivity contribution in [3.8, 4) is 5.75 Å². The number of halogens is 1. The van der Waals surface area contributed by atoms with Crippen LogP contribution in [0.2, 0.25) is 0 Å². The highest BCUT2D eigenvalue weighted by atomic mass is 19.1. The molecule has 0 bridgehead atoms. The van der Waals surface area contributed by atoms with E-state index in [1.54, 1.807) is 13.0 Å². The van der Waals surface area contributed by atoms with E-state index in [2.05, 4.69) is 0 Å². The molecular formula is C11H14FNO3. The van der Waals surface area contributed by atoms with Crippen LogP contribution in [0.25, 0.3) is 0 Å². The van der Waals surface area contributed by atoms with Crippen molar-refractivity contribution in [2.24, 2.45) is 5.73 Å². The largest absolute Gasteiger partial charge is 0.496 e. The lowest BCUT2D eigenvalue weighted by molar-refractivity contribution is -0.138. The Labute approximate surface area is 92.8 Å². The lowest BCUT2D eigenvalue weighted by Gasteiger charge is -2.12. The molecule has 0 spiro atoms. The first-order valence-corrected chi connectivity index (χ1v) is 4.77. The highest BCUT2D eigenvalue weighted by molar-refractivity contribution is 5.73. The van der Waals surface area contributed by atoms with Gasteiger partial charge in [-0.2, -0.15) is 0 Å². The quantitative estimate of drug-likeness (QED) is 0.807. The van der Waals surface area contributed by atoms with Gasteiger partial charge in [0, 0.05) is 12.5 Å². The van der Waals surface area contributed by atoms with Gasteiger partial charge >= 0.3 is 5.97 Å². The van der Waals surface area contributed by atoms with Gasteiger partial charge < -0.3 is 15.6 Å². The van der Waals surface area contributed by atoms with Crippen molar-refractivity contribution in [3.05, 3.63) is 29.1 Å². The third-order valence-corrected chi connectivity index (χ3v) is 2.32. The molecule has 4 nitrogen and oxygen atoms in total. The second-order valence-electron chi connectivity index (χ2n) is 3.56. The molecule has 0 aliphatic heterocycles. The van der Waals surface area contributed by atoms with E-state index in [1.165, 1.54) is 13.2 Å². The number of nitrogens with two attached hydrogens (primary N) is 1. The summed E-state index contributed by atoms with van der Waals surface area (Å²) in [6.07, 6.45) is 0.111. The fourth-order valence-corrected chi connectivity index (χ4v) is 1.40. The van der Waals surface area contributed by atoms with E-state index >= 15 is 0 Å². The van der Waals surface area contributed by atoms with Gasteiger partial charge in [-0.15, -0.1) is 0 Å². The van der Waals surface area contributed by atoms with Gasteiger partial charge in [0.25, 0.3) is 0 Å². The van der Waals surface area contributed by atoms with Crippen LogP contribution in [0.15, 0.2) is 12.1 Å². The van der Waals surface area contributed by atoms with Crippen LogP contribution >= 0.6 is 0 Å². The number of ether oxygens (including phenoxy) is 1. The number of aryl methyl sites for hydroxylation is 1. The molecule has 1 unspecified atom stereocenters. The van der Waals surface area contributed by atoms with Crippen LogP contribution < -0.4 is 10.5 Å². The molecule has 0 amide bonds. The molecule has 0 saturated carbocycles. The van der Waals surface area contributed by atoms with E-state index in [-0.39, 0.29) is 12.2 Å². The third kappa shape index (κ3) is 2.70. The second kappa shape index (κ2) is 4.94. The molecule has 0 fully saturated rings. The number of carboxylic acids is 1. The zero-order valence-electron chi connectivity index (χ0n) is 9.16. The number of benzene rings is 1. The summed E-state index contributed by atoms with van der Waals surface area (Å²) >= 11 is 0.